The molecule has 108 valence electrons. The lowest BCUT2D eigenvalue weighted by atomic mass is 10.1. The van der Waals surface area contributed by atoms with Crippen LogP contribution in [0.1, 0.15) is 33.1 Å². The monoisotopic (exact) mass is 300 g/mol. The molecule has 2 saturated heterocycles. The van der Waals surface area contributed by atoms with Crippen LogP contribution < -0.4 is 5.32 Å². The van der Waals surface area contributed by atoms with Crippen LogP contribution in [-0.2, 0) is 4.79 Å². The normalized spacial score (nSPS) is 33.4. The molecular formula is C14H24N2OS2. The lowest BCUT2D eigenvalue weighted by Crippen LogP contribution is -2.43. The van der Waals surface area contributed by atoms with E-state index in [2.05, 4.69) is 35.8 Å². The van der Waals surface area contributed by atoms with Gasteiger partial charge in [-0.05, 0) is 25.2 Å². The molecule has 2 atom stereocenters. The van der Waals surface area contributed by atoms with Gasteiger partial charge in [0.1, 0.15) is 0 Å². The molecule has 2 aliphatic heterocycles. The highest BCUT2D eigenvalue weighted by Gasteiger charge is 2.59. The van der Waals surface area contributed by atoms with Crippen LogP contribution in [-0.4, -0.2) is 51.6 Å². The summed E-state index contributed by atoms with van der Waals surface area (Å²) in [5.74, 6) is 4.73. The fraction of sp³-hybridized carbons (Fsp3) is 0.929. The van der Waals surface area contributed by atoms with Gasteiger partial charge in [0, 0.05) is 29.1 Å². The van der Waals surface area contributed by atoms with E-state index in [1.807, 2.05) is 11.8 Å². The van der Waals surface area contributed by atoms with Crippen LogP contribution in [0.25, 0.3) is 0 Å². The summed E-state index contributed by atoms with van der Waals surface area (Å²) in [5.41, 5.74) is -0.147. The molecule has 0 aromatic heterocycles. The fourth-order valence-electron chi connectivity index (χ4n) is 3.06. The van der Waals surface area contributed by atoms with Gasteiger partial charge in [-0.3, -0.25) is 10.1 Å². The molecule has 19 heavy (non-hydrogen) atoms. The Morgan fingerprint density at radius 3 is 2.79 bits per heavy atom. The van der Waals surface area contributed by atoms with Crippen LogP contribution in [0.4, 0.5) is 0 Å². The molecule has 1 aliphatic carbocycles. The van der Waals surface area contributed by atoms with Gasteiger partial charge in [0.15, 0.2) is 0 Å². The number of thioether (sulfide) groups is 2. The molecule has 0 aromatic carbocycles. The van der Waals surface area contributed by atoms with Crippen molar-refractivity contribution in [3.05, 3.63) is 0 Å². The second-order valence-corrected chi connectivity index (χ2v) is 8.96. The van der Waals surface area contributed by atoms with Gasteiger partial charge in [-0.1, -0.05) is 13.8 Å². The number of hydrogen-bond acceptors (Lipinski definition) is 4. The van der Waals surface area contributed by atoms with Gasteiger partial charge >= 0.3 is 0 Å². The molecule has 0 aromatic rings. The van der Waals surface area contributed by atoms with Gasteiger partial charge in [-0.15, -0.1) is 0 Å². The molecule has 2 unspecified atom stereocenters. The zero-order chi connectivity index (χ0) is 13.5. The third-order valence-corrected chi connectivity index (χ3v) is 7.05. The molecule has 0 radical (unpaired) electrons. The van der Waals surface area contributed by atoms with Crippen LogP contribution in [0, 0.1) is 5.92 Å². The summed E-state index contributed by atoms with van der Waals surface area (Å²) in [6, 6.07) is 0. The average Bonchev–Trinajstić information content (AvgIpc) is 3.11. The lowest BCUT2D eigenvalue weighted by Gasteiger charge is -2.30. The molecule has 1 N–H and O–H groups in total. The largest absolute Gasteiger partial charge is 0.324 e. The van der Waals surface area contributed by atoms with Crippen molar-refractivity contribution in [1.82, 2.24) is 10.2 Å². The predicted molar refractivity (Wildman–Crippen MR) is 83.6 cm³/mol. The first-order valence-electron chi connectivity index (χ1n) is 7.39. The first kappa shape index (κ1) is 14.1. The van der Waals surface area contributed by atoms with Crippen LogP contribution in [0.2, 0.25) is 0 Å². The number of amides is 1. The molecule has 3 aliphatic rings. The van der Waals surface area contributed by atoms with Crippen molar-refractivity contribution in [2.45, 2.75) is 50.1 Å². The van der Waals surface area contributed by atoms with Gasteiger partial charge in [0.2, 0.25) is 5.91 Å². The second kappa shape index (κ2) is 5.49. The number of rotatable bonds is 4. The summed E-state index contributed by atoms with van der Waals surface area (Å²) in [5, 5.41) is 4.25. The maximum atomic E-state index is 12.6. The summed E-state index contributed by atoms with van der Waals surface area (Å²) in [6.07, 6.45) is 3.45. The van der Waals surface area contributed by atoms with Crippen molar-refractivity contribution in [3.8, 4) is 0 Å². The van der Waals surface area contributed by atoms with Crippen LogP contribution in [0.3, 0.4) is 0 Å². The van der Waals surface area contributed by atoms with E-state index < -0.39 is 0 Å². The lowest BCUT2D eigenvalue weighted by molar-refractivity contribution is -0.130. The van der Waals surface area contributed by atoms with Crippen molar-refractivity contribution in [3.63, 3.8) is 0 Å². The molecule has 0 bridgehead atoms. The zero-order valence-electron chi connectivity index (χ0n) is 11.9. The van der Waals surface area contributed by atoms with E-state index in [0.717, 1.165) is 25.8 Å². The minimum Gasteiger partial charge on any atom is -0.324 e. The Hall–Kier alpha value is 0.130. The minimum atomic E-state index is -0.147. The number of nitrogens with one attached hydrogen (secondary N) is 1. The topological polar surface area (TPSA) is 32.3 Å². The Labute approximate surface area is 124 Å². The van der Waals surface area contributed by atoms with Crippen molar-refractivity contribution in [2.24, 2.45) is 5.92 Å². The SMILES string of the molecule is CC(C)CC1NC2(CC2)C(=O)N1CC1CSCCS1. The second-order valence-electron chi connectivity index (χ2n) is 6.40. The van der Waals surface area contributed by atoms with Crippen LogP contribution in [0.5, 0.6) is 0 Å². The Bertz CT molecular complexity index is 351. The molecular weight excluding hydrogens is 276 g/mol. The average molecular weight is 300 g/mol. The molecule has 3 rings (SSSR count). The Morgan fingerprint density at radius 1 is 1.42 bits per heavy atom. The van der Waals surface area contributed by atoms with Crippen molar-refractivity contribution >= 4 is 29.4 Å². The molecule has 1 spiro atoms. The summed E-state index contributed by atoms with van der Waals surface area (Å²) in [4.78, 5) is 14.8. The highest BCUT2D eigenvalue weighted by Crippen LogP contribution is 2.43. The molecule has 5 heteroatoms. The molecule has 3 fully saturated rings. The van der Waals surface area contributed by atoms with Crippen molar-refractivity contribution < 1.29 is 4.79 Å². The van der Waals surface area contributed by atoms with Gasteiger partial charge in [0.25, 0.3) is 0 Å². The third-order valence-electron chi connectivity index (χ3n) is 4.22. The van der Waals surface area contributed by atoms with Crippen molar-refractivity contribution in [2.75, 3.05) is 23.8 Å². The van der Waals surface area contributed by atoms with E-state index in [1.165, 1.54) is 17.3 Å². The van der Waals surface area contributed by atoms with E-state index in [9.17, 15) is 4.79 Å². The third kappa shape index (κ3) is 2.93. The highest BCUT2D eigenvalue weighted by molar-refractivity contribution is 8.06. The maximum absolute atomic E-state index is 12.6. The van der Waals surface area contributed by atoms with Crippen molar-refractivity contribution in [1.29, 1.82) is 0 Å². The fourth-order valence-corrected chi connectivity index (χ4v) is 5.73. The molecule has 1 saturated carbocycles. The minimum absolute atomic E-state index is 0.147. The first-order chi connectivity index (χ1) is 9.11. The summed E-state index contributed by atoms with van der Waals surface area (Å²) in [6.45, 7) is 5.43. The number of nitrogens with zero attached hydrogens (tertiary/aromatic N) is 1. The summed E-state index contributed by atoms with van der Waals surface area (Å²) >= 11 is 4.09. The van der Waals surface area contributed by atoms with Gasteiger partial charge in [0.05, 0.1) is 11.7 Å². The zero-order valence-corrected chi connectivity index (χ0v) is 13.5. The Morgan fingerprint density at radius 2 is 2.21 bits per heavy atom. The molecule has 3 nitrogen and oxygen atoms in total. The van der Waals surface area contributed by atoms with Gasteiger partial charge in [-0.2, -0.15) is 23.5 Å². The van der Waals surface area contributed by atoms with E-state index >= 15 is 0 Å². The Balaban J connectivity index is 1.66. The predicted octanol–water partition coefficient (Wildman–Crippen LogP) is 2.17. The summed E-state index contributed by atoms with van der Waals surface area (Å²) in [7, 11) is 0. The first-order valence-corrected chi connectivity index (χ1v) is 9.59. The molecule has 1 amide bonds. The summed E-state index contributed by atoms with van der Waals surface area (Å²) < 4.78 is 0. The smallest absolute Gasteiger partial charge is 0.244 e. The van der Waals surface area contributed by atoms with Gasteiger partial charge in [-0.25, -0.2) is 0 Å². The Kier molecular flexibility index (Phi) is 4.07. The maximum Gasteiger partial charge on any atom is 0.244 e. The van der Waals surface area contributed by atoms with Crippen LogP contribution >= 0.6 is 23.5 Å². The van der Waals surface area contributed by atoms with Gasteiger partial charge < -0.3 is 4.90 Å². The molecule has 2 heterocycles. The highest BCUT2D eigenvalue weighted by atomic mass is 32.2. The number of carbonyl (C=O) groups is 1. The van der Waals surface area contributed by atoms with E-state index in [4.69, 9.17) is 0 Å². The van der Waals surface area contributed by atoms with E-state index in [1.54, 1.807) is 0 Å². The number of hydrogen-bond donors (Lipinski definition) is 1. The standard InChI is InChI=1S/C14H24N2OS2/c1-10(2)7-12-15-14(3-4-14)13(17)16(12)8-11-9-18-5-6-19-11/h10-12,15H,3-9H2,1-2H3. The number of carbonyl (C=O) groups excluding carboxylic acids is 1. The van der Waals surface area contributed by atoms with E-state index in [0.29, 0.717) is 17.1 Å². The van der Waals surface area contributed by atoms with E-state index in [-0.39, 0.29) is 11.7 Å². The quantitative estimate of drug-likeness (QED) is 0.862. The van der Waals surface area contributed by atoms with Crippen LogP contribution in [0.15, 0.2) is 0 Å².